The monoisotopic (exact) mass is 361 g/mol. The first-order chi connectivity index (χ1) is 11.4. The molecule has 2 N–H and O–H groups in total. The Bertz CT molecular complexity index is 813. The maximum Gasteiger partial charge on any atom is 0.261 e. The predicted octanol–water partition coefficient (Wildman–Crippen LogP) is 4.39. The minimum Gasteiger partial charge on any atom is -0.365 e. The van der Waals surface area contributed by atoms with E-state index in [1.165, 1.54) is 6.20 Å². The number of nitrogens with one attached hydrogen (secondary N) is 2. The van der Waals surface area contributed by atoms with E-state index in [1.54, 1.807) is 24.3 Å². The molecule has 2 rings (SSSR count). The molecule has 2 aromatic rings. The van der Waals surface area contributed by atoms with Crippen LogP contribution in [0.5, 0.6) is 0 Å². The normalized spacial score (nSPS) is 12.7. The molecule has 6 heteroatoms. The number of hydrogen-bond acceptors (Lipinski definition) is 4. The molecule has 5 nitrogen and oxygen atoms in total. The molecule has 0 aliphatic rings. The van der Waals surface area contributed by atoms with Gasteiger partial charge in [0.2, 0.25) is 0 Å². The summed E-state index contributed by atoms with van der Waals surface area (Å²) >= 11 is 0. The summed E-state index contributed by atoms with van der Waals surface area (Å²) in [7, 11) is -3.63. The Morgan fingerprint density at radius 2 is 1.48 bits per heavy atom. The second-order valence-corrected chi connectivity index (χ2v) is 9.87. The van der Waals surface area contributed by atoms with E-state index in [2.05, 4.69) is 35.8 Å². The molecule has 1 heterocycles. The van der Waals surface area contributed by atoms with Crippen LogP contribution in [0.3, 0.4) is 0 Å². The summed E-state index contributed by atoms with van der Waals surface area (Å²) < 4.78 is 27.6. The van der Waals surface area contributed by atoms with E-state index in [1.807, 2.05) is 32.9 Å². The van der Waals surface area contributed by atoms with Crippen molar-refractivity contribution in [2.45, 2.75) is 57.4 Å². The fourth-order valence-corrected chi connectivity index (χ4v) is 3.30. The third-order valence-electron chi connectivity index (χ3n) is 3.55. The van der Waals surface area contributed by atoms with E-state index >= 15 is 0 Å². The molecular formula is C19H27N3O2S. The Morgan fingerprint density at radius 1 is 0.880 bits per heavy atom. The first kappa shape index (κ1) is 19.2. The van der Waals surface area contributed by atoms with Crippen molar-refractivity contribution in [1.29, 1.82) is 0 Å². The van der Waals surface area contributed by atoms with Crippen LogP contribution in [0.4, 0.5) is 11.5 Å². The molecule has 0 amide bonds. The molecule has 25 heavy (non-hydrogen) atoms. The summed E-state index contributed by atoms with van der Waals surface area (Å²) in [6.07, 6.45) is 1.51. The zero-order chi connectivity index (χ0) is 18.9. The van der Waals surface area contributed by atoms with Gasteiger partial charge in [-0.25, -0.2) is 13.4 Å². The molecule has 0 spiro atoms. The van der Waals surface area contributed by atoms with Gasteiger partial charge in [-0.05, 0) is 56.0 Å². The Hall–Kier alpha value is -2.08. The van der Waals surface area contributed by atoms with Gasteiger partial charge in [0, 0.05) is 5.54 Å². The van der Waals surface area contributed by atoms with Crippen LogP contribution >= 0.6 is 0 Å². The summed E-state index contributed by atoms with van der Waals surface area (Å²) in [5, 5.41) is 3.23. The minimum absolute atomic E-state index is 0.0183. The van der Waals surface area contributed by atoms with Crippen LogP contribution < -0.4 is 10.0 Å². The van der Waals surface area contributed by atoms with Gasteiger partial charge in [-0.1, -0.05) is 32.9 Å². The van der Waals surface area contributed by atoms with Gasteiger partial charge in [0.1, 0.15) is 5.82 Å². The van der Waals surface area contributed by atoms with E-state index in [-0.39, 0.29) is 15.8 Å². The molecule has 0 saturated heterocycles. The lowest BCUT2D eigenvalue weighted by Crippen LogP contribution is -2.26. The van der Waals surface area contributed by atoms with Crippen LogP contribution in [0.25, 0.3) is 0 Å². The molecule has 0 atom stereocenters. The number of hydrogen-bond donors (Lipinski definition) is 2. The van der Waals surface area contributed by atoms with Gasteiger partial charge in [-0.3, -0.25) is 4.72 Å². The second-order valence-electron chi connectivity index (χ2n) is 8.19. The molecule has 1 aromatic carbocycles. The van der Waals surface area contributed by atoms with E-state index in [0.29, 0.717) is 11.5 Å². The Kier molecular flexibility index (Phi) is 5.14. The number of aromatic nitrogens is 1. The minimum atomic E-state index is -3.63. The lowest BCUT2D eigenvalue weighted by Gasteiger charge is -2.21. The van der Waals surface area contributed by atoms with Crippen molar-refractivity contribution in [2.75, 3.05) is 10.0 Å². The van der Waals surface area contributed by atoms with Crippen molar-refractivity contribution in [3.05, 3.63) is 48.2 Å². The van der Waals surface area contributed by atoms with Gasteiger partial charge in [0.05, 0.1) is 16.8 Å². The summed E-state index contributed by atoms with van der Waals surface area (Å²) in [5.41, 5.74) is 1.39. The third-order valence-corrected chi connectivity index (χ3v) is 4.95. The Labute approximate surface area is 150 Å². The van der Waals surface area contributed by atoms with Crippen LogP contribution in [0.15, 0.2) is 47.5 Å². The highest BCUT2D eigenvalue weighted by atomic mass is 32.2. The number of anilines is 2. The fraction of sp³-hybridized carbons (Fsp3) is 0.421. The number of sulfonamides is 1. The van der Waals surface area contributed by atoms with E-state index < -0.39 is 10.0 Å². The van der Waals surface area contributed by atoms with Crippen LogP contribution in [0.2, 0.25) is 0 Å². The van der Waals surface area contributed by atoms with E-state index in [9.17, 15) is 8.42 Å². The van der Waals surface area contributed by atoms with Crippen molar-refractivity contribution in [1.82, 2.24) is 4.98 Å². The van der Waals surface area contributed by atoms with Crippen molar-refractivity contribution >= 4 is 21.5 Å². The standard InChI is InChI=1S/C19H27N3O2S/c1-18(2,3)14-7-10-16(11-8-14)25(23,24)22-15-9-12-17(20-13-15)21-19(4,5)6/h7-13,22H,1-6H3,(H,20,21). The number of benzene rings is 1. The van der Waals surface area contributed by atoms with Gasteiger partial charge < -0.3 is 5.32 Å². The highest BCUT2D eigenvalue weighted by Gasteiger charge is 2.18. The average Bonchev–Trinajstić information content (AvgIpc) is 2.47. The summed E-state index contributed by atoms with van der Waals surface area (Å²) in [5.74, 6) is 0.699. The second kappa shape index (κ2) is 6.67. The zero-order valence-corrected chi connectivity index (χ0v) is 16.5. The topological polar surface area (TPSA) is 71.1 Å². The Balaban J connectivity index is 2.16. The molecule has 0 aliphatic heterocycles. The molecule has 1 aromatic heterocycles. The van der Waals surface area contributed by atoms with Crippen LogP contribution in [0.1, 0.15) is 47.1 Å². The molecule has 136 valence electrons. The number of nitrogens with zero attached hydrogens (tertiary/aromatic N) is 1. The number of rotatable bonds is 4. The molecular weight excluding hydrogens is 334 g/mol. The molecule has 0 saturated carbocycles. The lowest BCUT2D eigenvalue weighted by atomic mass is 9.87. The molecule has 0 unspecified atom stereocenters. The lowest BCUT2D eigenvalue weighted by molar-refractivity contribution is 0.587. The SMILES string of the molecule is CC(C)(C)Nc1ccc(NS(=O)(=O)c2ccc(C(C)(C)C)cc2)cn1. The van der Waals surface area contributed by atoms with Crippen LogP contribution in [-0.4, -0.2) is 18.9 Å². The summed E-state index contributed by atoms with van der Waals surface area (Å²) in [6, 6.07) is 10.4. The largest absolute Gasteiger partial charge is 0.365 e. The summed E-state index contributed by atoms with van der Waals surface area (Å²) in [4.78, 5) is 4.48. The quantitative estimate of drug-likeness (QED) is 0.847. The van der Waals surface area contributed by atoms with Gasteiger partial charge in [0.15, 0.2) is 0 Å². The van der Waals surface area contributed by atoms with Gasteiger partial charge in [0.25, 0.3) is 10.0 Å². The van der Waals surface area contributed by atoms with Gasteiger partial charge >= 0.3 is 0 Å². The highest BCUT2D eigenvalue weighted by molar-refractivity contribution is 7.92. The Morgan fingerprint density at radius 3 is 1.92 bits per heavy atom. The maximum absolute atomic E-state index is 12.5. The third kappa shape index (κ3) is 5.46. The van der Waals surface area contributed by atoms with Crippen LogP contribution in [0, 0.1) is 0 Å². The first-order valence-corrected chi connectivity index (χ1v) is 9.73. The van der Waals surface area contributed by atoms with Crippen molar-refractivity contribution in [3.63, 3.8) is 0 Å². The number of pyridine rings is 1. The fourth-order valence-electron chi connectivity index (χ4n) is 2.26. The molecule has 0 fully saturated rings. The van der Waals surface area contributed by atoms with E-state index in [0.717, 1.165) is 5.56 Å². The predicted molar refractivity (Wildman–Crippen MR) is 104 cm³/mol. The molecule has 0 bridgehead atoms. The molecule has 0 radical (unpaired) electrons. The maximum atomic E-state index is 12.5. The van der Waals surface area contributed by atoms with Crippen molar-refractivity contribution in [3.8, 4) is 0 Å². The zero-order valence-electron chi connectivity index (χ0n) is 15.7. The highest BCUT2D eigenvalue weighted by Crippen LogP contribution is 2.24. The van der Waals surface area contributed by atoms with E-state index in [4.69, 9.17) is 0 Å². The average molecular weight is 362 g/mol. The summed E-state index contributed by atoms with van der Waals surface area (Å²) in [6.45, 7) is 12.4. The molecule has 0 aliphatic carbocycles. The van der Waals surface area contributed by atoms with Gasteiger partial charge in [-0.15, -0.1) is 0 Å². The van der Waals surface area contributed by atoms with Crippen LogP contribution in [-0.2, 0) is 15.4 Å². The van der Waals surface area contributed by atoms with Crippen molar-refractivity contribution in [2.24, 2.45) is 0 Å². The van der Waals surface area contributed by atoms with Gasteiger partial charge in [-0.2, -0.15) is 0 Å². The first-order valence-electron chi connectivity index (χ1n) is 8.24. The van der Waals surface area contributed by atoms with Crippen molar-refractivity contribution < 1.29 is 8.42 Å². The smallest absolute Gasteiger partial charge is 0.261 e.